The number of carbonyl (C=O) groups is 1. The Bertz CT molecular complexity index is 757. The molecule has 0 aromatic heterocycles. The first-order chi connectivity index (χ1) is 12.6. The SMILES string of the molecule is Cc1ccccc1OC[C@H](C)NC(=O)COc1ccc2c(c1)CCCC2. The van der Waals surface area contributed by atoms with E-state index in [4.69, 9.17) is 9.47 Å². The van der Waals surface area contributed by atoms with Gasteiger partial charge >= 0.3 is 0 Å². The summed E-state index contributed by atoms with van der Waals surface area (Å²) in [6, 6.07) is 13.9. The Morgan fingerprint density at radius 2 is 1.85 bits per heavy atom. The lowest BCUT2D eigenvalue weighted by molar-refractivity contribution is -0.123. The van der Waals surface area contributed by atoms with Crippen LogP contribution in [0.4, 0.5) is 0 Å². The van der Waals surface area contributed by atoms with Crippen molar-refractivity contribution >= 4 is 5.91 Å². The first-order valence-corrected chi connectivity index (χ1v) is 9.34. The molecule has 4 heteroatoms. The Morgan fingerprint density at radius 3 is 2.65 bits per heavy atom. The standard InChI is InChI=1S/C22H27NO3/c1-16-7-3-6-10-21(16)26-14-17(2)23-22(24)15-25-20-12-11-18-8-4-5-9-19(18)13-20/h3,6-7,10-13,17H,4-5,8-9,14-15H2,1-2H3,(H,23,24)/t17-/m0/s1. The molecule has 1 aliphatic rings. The summed E-state index contributed by atoms with van der Waals surface area (Å²) in [7, 11) is 0. The van der Waals surface area contributed by atoms with E-state index in [1.165, 1.54) is 24.0 Å². The van der Waals surface area contributed by atoms with Crippen LogP contribution in [0, 0.1) is 6.92 Å². The predicted molar refractivity (Wildman–Crippen MR) is 103 cm³/mol. The van der Waals surface area contributed by atoms with Gasteiger partial charge in [0.05, 0.1) is 6.04 Å². The Labute approximate surface area is 155 Å². The average Bonchev–Trinajstić information content (AvgIpc) is 2.65. The van der Waals surface area contributed by atoms with Crippen molar-refractivity contribution in [1.29, 1.82) is 0 Å². The quantitative estimate of drug-likeness (QED) is 0.823. The molecule has 2 aromatic rings. The maximum Gasteiger partial charge on any atom is 0.258 e. The van der Waals surface area contributed by atoms with Crippen molar-refractivity contribution in [2.45, 2.75) is 45.6 Å². The molecule has 4 nitrogen and oxygen atoms in total. The lowest BCUT2D eigenvalue weighted by Crippen LogP contribution is -2.39. The molecular formula is C22H27NO3. The molecule has 0 bridgehead atoms. The molecule has 0 heterocycles. The zero-order valence-electron chi connectivity index (χ0n) is 15.6. The van der Waals surface area contributed by atoms with Crippen LogP contribution in [0.1, 0.15) is 36.5 Å². The van der Waals surface area contributed by atoms with Gasteiger partial charge < -0.3 is 14.8 Å². The number of amides is 1. The Balaban J connectivity index is 1.43. The highest BCUT2D eigenvalue weighted by molar-refractivity contribution is 5.77. The number of aryl methyl sites for hydroxylation is 3. The molecule has 1 N–H and O–H groups in total. The number of fused-ring (bicyclic) bond motifs is 1. The maximum absolute atomic E-state index is 12.1. The number of hydrogen-bond acceptors (Lipinski definition) is 3. The van der Waals surface area contributed by atoms with Gasteiger partial charge in [0.15, 0.2) is 6.61 Å². The molecule has 2 aromatic carbocycles. The van der Waals surface area contributed by atoms with E-state index in [1.807, 2.05) is 44.2 Å². The number of para-hydroxylation sites is 1. The van der Waals surface area contributed by atoms with Crippen molar-refractivity contribution in [3.63, 3.8) is 0 Å². The zero-order valence-corrected chi connectivity index (χ0v) is 15.6. The molecule has 0 saturated carbocycles. The van der Waals surface area contributed by atoms with E-state index in [1.54, 1.807) is 0 Å². The number of carbonyl (C=O) groups excluding carboxylic acids is 1. The number of rotatable bonds is 7. The smallest absolute Gasteiger partial charge is 0.258 e. The van der Waals surface area contributed by atoms with Crippen molar-refractivity contribution < 1.29 is 14.3 Å². The largest absolute Gasteiger partial charge is 0.491 e. The van der Waals surface area contributed by atoms with Crippen LogP contribution in [0.3, 0.4) is 0 Å². The lowest BCUT2D eigenvalue weighted by atomic mass is 9.92. The maximum atomic E-state index is 12.1. The van der Waals surface area contributed by atoms with E-state index < -0.39 is 0 Å². The van der Waals surface area contributed by atoms with Gasteiger partial charge in [-0.2, -0.15) is 0 Å². The van der Waals surface area contributed by atoms with Gasteiger partial charge in [0.1, 0.15) is 18.1 Å². The van der Waals surface area contributed by atoms with E-state index >= 15 is 0 Å². The fourth-order valence-electron chi connectivity index (χ4n) is 3.24. The van der Waals surface area contributed by atoms with Crippen LogP contribution in [0.5, 0.6) is 11.5 Å². The summed E-state index contributed by atoms with van der Waals surface area (Å²) < 4.78 is 11.4. The second kappa shape index (κ2) is 8.75. The predicted octanol–water partition coefficient (Wildman–Crippen LogP) is 3.84. The van der Waals surface area contributed by atoms with E-state index in [0.29, 0.717) is 6.61 Å². The molecule has 0 spiro atoms. The Morgan fingerprint density at radius 1 is 1.08 bits per heavy atom. The van der Waals surface area contributed by atoms with E-state index in [0.717, 1.165) is 29.9 Å². The van der Waals surface area contributed by atoms with Crippen LogP contribution in [-0.2, 0) is 17.6 Å². The van der Waals surface area contributed by atoms with Crippen LogP contribution in [0.2, 0.25) is 0 Å². The molecule has 0 saturated heterocycles. The van der Waals surface area contributed by atoms with Gasteiger partial charge in [0.25, 0.3) is 5.91 Å². The summed E-state index contributed by atoms with van der Waals surface area (Å²) in [5.74, 6) is 1.48. The minimum Gasteiger partial charge on any atom is -0.491 e. The molecule has 26 heavy (non-hydrogen) atoms. The van der Waals surface area contributed by atoms with Crippen LogP contribution < -0.4 is 14.8 Å². The molecule has 0 aliphatic heterocycles. The Kier molecular flexibility index (Phi) is 6.16. The van der Waals surface area contributed by atoms with Crippen molar-refractivity contribution in [3.8, 4) is 11.5 Å². The number of nitrogens with one attached hydrogen (secondary N) is 1. The minimum absolute atomic E-state index is 0.0213. The van der Waals surface area contributed by atoms with Crippen molar-refractivity contribution in [1.82, 2.24) is 5.32 Å². The van der Waals surface area contributed by atoms with Crippen LogP contribution in [-0.4, -0.2) is 25.2 Å². The number of ether oxygens (including phenoxy) is 2. The van der Waals surface area contributed by atoms with Gasteiger partial charge in [0.2, 0.25) is 0 Å². The van der Waals surface area contributed by atoms with Gasteiger partial charge in [-0.15, -0.1) is 0 Å². The fourth-order valence-corrected chi connectivity index (χ4v) is 3.24. The summed E-state index contributed by atoms with van der Waals surface area (Å²) in [5, 5.41) is 2.91. The second-order valence-electron chi connectivity index (χ2n) is 6.97. The van der Waals surface area contributed by atoms with Crippen LogP contribution in [0.15, 0.2) is 42.5 Å². The van der Waals surface area contributed by atoms with Gasteiger partial charge in [-0.05, 0) is 74.4 Å². The van der Waals surface area contributed by atoms with E-state index in [2.05, 4.69) is 17.4 Å². The normalized spacial score (nSPS) is 14.2. The van der Waals surface area contributed by atoms with Gasteiger partial charge in [-0.25, -0.2) is 0 Å². The highest BCUT2D eigenvalue weighted by Gasteiger charge is 2.12. The first-order valence-electron chi connectivity index (χ1n) is 9.34. The average molecular weight is 353 g/mol. The second-order valence-corrected chi connectivity index (χ2v) is 6.97. The van der Waals surface area contributed by atoms with Crippen LogP contribution in [0.25, 0.3) is 0 Å². The van der Waals surface area contributed by atoms with Gasteiger partial charge in [0, 0.05) is 0 Å². The summed E-state index contributed by atoms with van der Waals surface area (Å²) in [6.07, 6.45) is 4.74. The number of hydrogen-bond donors (Lipinski definition) is 1. The fraction of sp³-hybridized carbons (Fsp3) is 0.409. The Hall–Kier alpha value is -2.49. The third-order valence-corrected chi connectivity index (χ3v) is 4.68. The molecule has 0 unspecified atom stereocenters. The molecular weight excluding hydrogens is 326 g/mol. The van der Waals surface area contributed by atoms with Gasteiger partial charge in [-0.3, -0.25) is 4.79 Å². The monoisotopic (exact) mass is 353 g/mol. The molecule has 1 atom stereocenters. The van der Waals surface area contributed by atoms with Crippen molar-refractivity contribution in [2.75, 3.05) is 13.2 Å². The molecule has 0 radical (unpaired) electrons. The lowest BCUT2D eigenvalue weighted by Gasteiger charge is -2.18. The highest BCUT2D eigenvalue weighted by Crippen LogP contribution is 2.25. The molecule has 138 valence electrons. The molecule has 1 amide bonds. The summed E-state index contributed by atoms with van der Waals surface area (Å²) in [5.41, 5.74) is 3.85. The summed E-state index contributed by atoms with van der Waals surface area (Å²) in [6.45, 7) is 4.38. The molecule has 1 aliphatic carbocycles. The van der Waals surface area contributed by atoms with Gasteiger partial charge in [-0.1, -0.05) is 24.3 Å². The van der Waals surface area contributed by atoms with E-state index in [9.17, 15) is 4.79 Å². The van der Waals surface area contributed by atoms with Crippen LogP contribution >= 0.6 is 0 Å². The first kappa shape index (κ1) is 18.3. The minimum atomic E-state index is -0.136. The van der Waals surface area contributed by atoms with Crippen molar-refractivity contribution in [3.05, 3.63) is 59.2 Å². The summed E-state index contributed by atoms with van der Waals surface area (Å²) >= 11 is 0. The highest BCUT2D eigenvalue weighted by atomic mass is 16.5. The van der Waals surface area contributed by atoms with Crippen molar-refractivity contribution in [2.24, 2.45) is 0 Å². The molecule has 3 rings (SSSR count). The zero-order chi connectivity index (χ0) is 18.4. The third kappa shape index (κ3) is 5.01. The number of benzene rings is 2. The van der Waals surface area contributed by atoms with E-state index in [-0.39, 0.29) is 18.6 Å². The molecule has 0 fully saturated rings. The third-order valence-electron chi connectivity index (χ3n) is 4.68. The summed E-state index contributed by atoms with van der Waals surface area (Å²) in [4.78, 5) is 12.1. The topological polar surface area (TPSA) is 47.6 Å².